The van der Waals surface area contributed by atoms with Crippen LogP contribution in [-0.4, -0.2) is 58.1 Å². The lowest BCUT2D eigenvalue weighted by atomic mass is 10.1. The van der Waals surface area contributed by atoms with Gasteiger partial charge in [0.05, 0.1) is 6.04 Å². The highest BCUT2D eigenvalue weighted by atomic mass is 32.2. The molecule has 1 aromatic carbocycles. The molecule has 0 aliphatic carbocycles. The van der Waals surface area contributed by atoms with Gasteiger partial charge >= 0.3 is 5.97 Å². The Labute approximate surface area is 156 Å². The zero-order valence-electron chi connectivity index (χ0n) is 14.8. The van der Waals surface area contributed by atoms with Crippen molar-refractivity contribution in [3.05, 3.63) is 29.8 Å². The van der Waals surface area contributed by atoms with Crippen LogP contribution < -0.4 is 16.4 Å². The topological polar surface area (TPSA) is 142 Å². The molecule has 0 unspecified atom stereocenters. The summed E-state index contributed by atoms with van der Waals surface area (Å²) in [7, 11) is 0. The third-order valence-corrected chi connectivity index (χ3v) is 4.36. The maximum Gasteiger partial charge on any atom is 0.326 e. The largest absolute Gasteiger partial charge is 0.508 e. The number of aromatic hydroxyl groups is 1. The molecule has 0 spiro atoms. The fraction of sp³-hybridized carbons (Fsp3) is 0.471. The van der Waals surface area contributed by atoms with Crippen LogP contribution in [0.3, 0.4) is 0 Å². The molecule has 144 valence electrons. The molecular formula is C17H25N3O5S. The number of nitrogens with two attached hydrogens (primary N) is 1. The summed E-state index contributed by atoms with van der Waals surface area (Å²) in [4.78, 5) is 35.5. The minimum absolute atomic E-state index is 0.0508. The first-order valence-electron chi connectivity index (χ1n) is 8.10. The second-order valence-electron chi connectivity index (χ2n) is 5.89. The molecular weight excluding hydrogens is 358 g/mol. The smallest absolute Gasteiger partial charge is 0.326 e. The summed E-state index contributed by atoms with van der Waals surface area (Å²) in [6.45, 7) is 1.47. The van der Waals surface area contributed by atoms with Gasteiger partial charge in [-0.05, 0) is 43.0 Å². The van der Waals surface area contributed by atoms with E-state index in [0.717, 1.165) is 5.75 Å². The summed E-state index contributed by atoms with van der Waals surface area (Å²) in [5.41, 5.74) is 6.39. The van der Waals surface area contributed by atoms with Gasteiger partial charge in [-0.15, -0.1) is 0 Å². The van der Waals surface area contributed by atoms with Crippen LogP contribution in [0.25, 0.3) is 0 Å². The first-order chi connectivity index (χ1) is 12.2. The predicted octanol–water partition coefficient (Wildman–Crippen LogP) is 0.0892. The molecule has 8 nitrogen and oxygen atoms in total. The zero-order chi connectivity index (χ0) is 19.7. The molecule has 0 bridgehead atoms. The first kappa shape index (κ1) is 21.8. The maximum absolute atomic E-state index is 12.2. The van der Waals surface area contributed by atoms with Crippen molar-refractivity contribution in [2.24, 2.45) is 5.73 Å². The van der Waals surface area contributed by atoms with Crippen LogP contribution in [0.4, 0.5) is 0 Å². The summed E-state index contributed by atoms with van der Waals surface area (Å²) < 4.78 is 0. The molecule has 1 aromatic rings. The van der Waals surface area contributed by atoms with Crippen molar-refractivity contribution in [2.45, 2.75) is 37.9 Å². The summed E-state index contributed by atoms with van der Waals surface area (Å²) >= 11 is 1.57. The molecule has 0 fully saturated rings. The summed E-state index contributed by atoms with van der Waals surface area (Å²) in [5, 5.41) is 23.5. The lowest BCUT2D eigenvalue weighted by Gasteiger charge is -2.20. The summed E-state index contributed by atoms with van der Waals surface area (Å²) in [6.07, 6.45) is 2.44. The molecule has 0 heterocycles. The molecule has 0 radical (unpaired) electrons. The van der Waals surface area contributed by atoms with Gasteiger partial charge in [-0.3, -0.25) is 9.59 Å². The van der Waals surface area contributed by atoms with Gasteiger partial charge in [-0.2, -0.15) is 11.8 Å². The number of nitrogens with one attached hydrogen (secondary N) is 2. The van der Waals surface area contributed by atoms with Gasteiger partial charge < -0.3 is 26.6 Å². The molecule has 9 heteroatoms. The fourth-order valence-corrected chi connectivity index (χ4v) is 2.62. The molecule has 1 rings (SSSR count). The molecule has 0 aromatic heterocycles. The SMILES string of the molecule is CSCC[C@H](N)C(=O)N[C@@H](C)C(=O)N[C@@H](Cc1ccc(O)cc1)C(=O)O. The van der Waals surface area contributed by atoms with Crippen molar-refractivity contribution in [3.63, 3.8) is 0 Å². The van der Waals surface area contributed by atoms with Crippen LogP contribution in [0.15, 0.2) is 24.3 Å². The minimum atomic E-state index is -1.19. The van der Waals surface area contributed by atoms with Crippen molar-refractivity contribution in [3.8, 4) is 5.75 Å². The van der Waals surface area contributed by atoms with E-state index in [-0.39, 0.29) is 12.2 Å². The third kappa shape index (κ3) is 7.32. The Balaban J connectivity index is 2.61. The Morgan fingerprint density at radius 1 is 1.15 bits per heavy atom. The second-order valence-corrected chi connectivity index (χ2v) is 6.87. The number of amides is 2. The van der Waals surface area contributed by atoms with Crippen LogP contribution in [0.1, 0.15) is 18.9 Å². The molecule has 6 N–H and O–H groups in total. The Hall–Kier alpha value is -2.26. The van der Waals surface area contributed by atoms with Crippen molar-refractivity contribution in [1.29, 1.82) is 0 Å². The van der Waals surface area contributed by atoms with Gasteiger partial charge in [0.15, 0.2) is 0 Å². The number of carboxylic acid groups (broad SMARTS) is 1. The highest BCUT2D eigenvalue weighted by Crippen LogP contribution is 2.11. The van der Waals surface area contributed by atoms with E-state index in [1.807, 2.05) is 6.26 Å². The van der Waals surface area contributed by atoms with Crippen molar-refractivity contribution >= 4 is 29.5 Å². The van der Waals surface area contributed by atoms with Crippen molar-refractivity contribution < 1.29 is 24.6 Å². The van der Waals surface area contributed by atoms with Crippen LogP contribution in [0.5, 0.6) is 5.75 Å². The quantitative estimate of drug-likeness (QED) is 0.385. The number of phenolic OH excluding ortho intramolecular Hbond substituents is 1. The maximum atomic E-state index is 12.2. The van der Waals surface area contributed by atoms with E-state index in [0.29, 0.717) is 12.0 Å². The number of phenols is 1. The number of benzene rings is 1. The van der Waals surface area contributed by atoms with E-state index in [4.69, 9.17) is 5.73 Å². The van der Waals surface area contributed by atoms with Gasteiger partial charge in [-0.25, -0.2) is 4.79 Å². The van der Waals surface area contributed by atoms with E-state index in [2.05, 4.69) is 10.6 Å². The monoisotopic (exact) mass is 383 g/mol. The molecule has 3 atom stereocenters. The Morgan fingerprint density at radius 2 is 1.77 bits per heavy atom. The Morgan fingerprint density at radius 3 is 2.31 bits per heavy atom. The van der Waals surface area contributed by atoms with E-state index in [1.54, 1.807) is 23.9 Å². The van der Waals surface area contributed by atoms with E-state index in [1.165, 1.54) is 19.1 Å². The normalized spacial score (nSPS) is 14.1. The van der Waals surface area contributed by atoms with Crippen LogP contribution in [0, 0.1) is 0 Å². The zero-order valence-corrected chi connectivity index (χ0v) is 15.6. The number of carboxylic acids is 1. The number of hydrogen-bond donors (Lipinski definition) is 5. The highest BCUT2D eigenvalue weighted by Gasteiger charge is 2.25. The molecule has 0 saturated carbocycles. The average Bonchev–Trinajstić information content (AvgIpc) is 2.60. The van der Waals surface area contributed by atoms with Crippen LogP contribution >= 0.6 is 11.8 Å². The number of rotatable bonds is 10. The van der Waals surface area contributed by atoms with E-state index in [9.17, 15) is 24.6 Å². The van der Waals surface area contributed by atoms with Gasteiger partial charge in [0, 0.05) is 6.42 Å². The number of hydrogen-bond acceptors (Lipinski definition) is 6. The van der Waals surface area contributed by atoms with Gasteiger partial charge in [0.25, 0.3) is 0 Å². The number of carbonyl (C=O) groups is 3. The molecule has 0 saturated heterocycles. The standard InChI is InChI=1S/C17H25N3O5S/c1-10(19-16(23)13(18)7-8-26-2)15(22)20-14(17(24)25)9-11-3-5-12(21)6-4-11/h3-6,10,13-14,21H,7-9,18H2,1-2H3,(H,19,23)(H,20,22)(H,24,25)/t10-,13-,14-/m0/s1. The van der Waals surface area contributed by atoms with E-state index >= 15 is 0 Å². The summed E-state index contributed by atoms with van der Waals surface area (Å²) in [6, 6.07) is 3.25. The minimum Gasteiger partial charge on any atom is -0.508 e. The van der Waals surface area contributed by atoms with Crippen LogP contribution in [0.2, 0.25) is 0 Å². The van der Waals surface area contributed by atoms with Crippen LogP contribution in [-0.2, 0) is 20.8 Å². The Kier molecular flexibility index (Phi) is 8.94. The lowest BCUT2D eigenvalue weighted by molar-refractivity contribution is -0.142. The van der Waals surface area contributed by atoms with Crippen molar-refractivity contribution in [2.75, 3.05) is 12.0 Å². The van der Waals surface area contributed by atoms with E-state index < -0.39 is 35.9 Å². The molecule has 0 aliphatic heterocycles. The Bertz CT molecular complexity index is 623. The molecule has 26 heavy (non-hydrogen) atoms. The lowest BCUT2D eigenvalue weighted by Crippen LogP contribution is -2.53. The first-order valence-corrected chi connectivity index (χ1v) is 9.50. The third-order valence-electron chi connectivity index (χ3n) is 3.71. The highest BCUT2D eigenvalue weighted by molar-refractivity contribution is 7.98. The number of carbonyl (C=O) groups excluding carboxylic acids is 2. The number of thioether (sulfide) groups is 1. The average molecular weight is 383 g/mol. The summed E-state index contributed by atoms with van der Waals surface area (Å²) in [5.74, 6) is -1.46. The second kappa shape index (κ2) is 10.7. The van der Waals surface area contributed by atoms with Gasteiger partial charge in [0.2, 0.25) is 11.8 Å². The predicted molar refractivity (Wildman–Crippen MR) is 100.0 cm³/mol. The van der Waals surface area contributed by atoms with Gasteiger partial charge in [-0.1, -0.05) is 12.1 Å². The molecule has 0 aliphatic rings. The molecule has 2 amide bonds. The fourth-order valence-electron chi connectivity index (χ4n) is 2.13. The number of aliphatic carboxylic acids is 1. The van der Waals surface area contributed by atoms with Crippen molar-refractivity contribution in [1.82, 2.24) is 10.6 Å². The van der Waals surface area contributed by atoms with Gasteiger partial charge in [0.1, 0.15) is 17.8 Å².